The number of rotatable bonds is 9. The van der Waals surface area contributed by atoms with E-state index in [1.807, 2.05) is 6.07 Å². The molecule has 1 N–H and O–H groups in total. The van der Waals surface area contributed by atoms with Crippen molar-refractivity contribution in [3.8, 4) is 17.2 Å². The molecular formula is C22H24N4O7. The number of benzene rings is 2. The second-order valence-corrected chi connectivity index (χ2v) is 7.01. The molecule has 3 aromatic rings. The molecule has 0 saturated heterocycles. The van der Waals surface area contributed by atoms with Crippen LogP contribution in [0.3, 0.4) is 0 Å². The first-order chi connectivity index (χ1) is 15.8. The first-order valence-corrected chi connectivity index (χ1v) is 9.93. The Kier molecular flexibility index (Phi) is 7.13. The Bertz CT molecular complexity index is 1230. The number of hydrogen-bond donors (Lipinski definition) is 1. The highest BCUT2D eigenvalue weighted by Crippen LogP contribution is 2.35. The second kappa shape index (κ2) is 10.0. The third-order valence-electron chi connectivity index (χ3n) is 5.06. The molecule has 1 heterocycles. The number of nitrogens with one attached hydrogen (secondary N) is 1. The van der Waals surface area contributed by atoms with E-state index < -0.39 is 22.1 Å². The van der Waals surface area contributed by atoms with E-state index in [0.29, 0.717) is 11.4 Å². The number of nitro groups is 1. The monoisotopic (exact) mass is 456 g/mol. The lowest BCUT2D eigenvalue weighted by Gasteiger charge is -2.12. The summed E-state index contributed by atoms with van der Waals surface area (Å²) in [5.74, 6) is -0.595. The van der Waals surface area contributed by atoms with Gasteiger partial charge in [0, 0.05) is 20.2 Å². The van der Waals surface area contributed by atoms with Gasteiger partial charge >= 0.3 is 0 Å². The zero-order valence-corrected chi connectivity index (χ0v) is 18.7. The molecule has 0 bridgehead atoms. The highest BCUT2D eigenvalue weighted by atomic mass is 16.6. The van der Waals surface area contributed by atoms with Crippen molar-refractivity contribution in [1.82, 2.24) is 9.36 Å². The van der Waals surface area contributed by atoms with Gasteiger partial charge in [-0.3, -0.25) is 24.4 Å². The van der Waals surface area contributed by atoms with E-state index in [9.17, 15) is 19.7 Å². The van der Waals surface area contributed by atoms with Crippen LogP contribution in [0.15, 0.2) is 47.3 Å². The SMILES string of the molecule is COCCOc1cc([N+](=O)[O-])c(C(=O)Nc2c(C)n(C)n(-c3ccccc3)c2=O)cc1OC. The van der Waals surface area contributed by atoms with Crippen molar-refractivity contribution < 1.29 is 23.9 Å². The van der Waals surface area contributed by atoms with Crippen LogP contribution >= 0.6 is 0 Å². The Labute approximate surface area is 189 Å². The van der Waals surface area contributed by atoms with E-state index in [-0.39, 0.29) is 36.0 Å². The van der Waals surface area contributed by atoms with Gasteiger partial charge < -0.3 is 19.5 Å². The van der Waals surface area contributed by atoms with Crippen LogP contribution in [0.2, 0.25) is 0 Å². The van der Waals surface area contributed by atoms with Crippen molar-refractivity contribution in [3.05, 3.63) is 74.2 Å². The molecule has 0 aliphatic heterocycles. The number of carbonyl (C=O) groups is 1. The smallest absolute Gasteiger partial charge is 0.295 e. The van der Waals surface area contributed by atoms with E-state index in [1.54, 1.807) is 42.9 Å². The molecule has 0 aliphatic rings. The molecule has 0 fully saturated rings. The van der Waals surface area contributed by atoms with Crippen LogP contribution in [-0.2, 0) is 11.8 Å². The van der Waals surface area contributed by atoms with Crippen molar-refractivity contribution in [3.63, 3.8) is 0 Å². The Morgan fingerprint density at radius 3 is 2.42 bits per heavy atom. The number of anilines is 1. The van der Waals surface area contributed by atoms with Gasteiger partial charge in [-0.25, -0.2) is 4.68 Å². The molecule has 0 saturated carbocycles. The summed E-state index contributed by atoms with van der Waals surface area (Å²) in [5.41, 5.74) is -0.128. The van der Waals surface area contributed by atoms with Crippen LogP contribution in [0.25, 0.3) is 5.69 Å². The maximum absolute atomic E-state index is 13.1. The van der Waals surface area contributed by atoms with Gasteiger partial charge in [0.15, 0.2) is 11.5 Å². The summed E-state index contributed by atoms with van der Waals surface area (Å²) < 4.78 is 18.6. The Morgan fingerprint density at radius 2 is 1.82 bits per heavy atom. The van der Waals surface area contributed by atoms with Crippen molar-refractivity contribution in [2.75, 3.05) is 32.8 Å². The molecule has 33 heavy (non-hydrogen) atoms. The maximum Gasteiger partial charge on any atom is 0.295 e. The van der Waals surface area contributed by atoms with Gasteiger partial charge in [0.2, 0.25) is 0 Å². The molecular weight excluding hydrogens is 432 g/mol. The number of aromatic nitrogens is 2. The van der Waals surface area contributed by atoms with Gasteiger partial charge in [-0.15, -0.1) is 0 Å². The highest BCUT2D eigenvalue weighted by molar-refractivity contribution is 6.07. The molecule has 0 spiro atoms. The number of ether oxygens (including phenoxy) is 3. The van der Waals surface area contributed by atoms with Gasteiger partial charge in [0.05, 0.1) is 36.1 Å². The van der Waals surface area contributed by atoms with Crippen LogP contribution in [0.5, 0.6) is 11.5 Å². The van der Waals surface area contributed by atoms with Crippen molar-refractivity contribution in [1.29, 1.82) is 0 Å². The van der Waals surface area contributed by atoms with Gasteiger partial charge in [-0.2, -0.15) is 0 Å². The maximum atomic E-state index is 13.1. The predicted molar refractivity (Wildman–Crippen MR) is 121 cm³/mol. The molecule has 3 rings (SSSR count). The van der Waals surface area contributed by atoms with Gasteiger partial charge in [-0.1, -0.05) is 18.2 Å². The van der Waals surface area contributed by atoms with Crippen LogP contribution in [0.4, 0.5) is 11.4 Å². The fourth-order valence-corrected chi connectivity index (χ4v) is 3.28. The molecule has 1 amide bonds. The lowest BCUT2D eigenvalue weighted by Crippen LogP contribution is -2.23. The van der Waals surface area contributed by atoms with Crippen LogP contribution in [0.1, 0.15) is 16.1 Å². The topological polar surface area (TPSA) is 127 Å². The quantitative estimate of drug-likeness (QED) is 0.298. The standard InChI is InChI=1S/C22H24N4O7/c1-14-20(22(28)25(24(14)2)15-8-6-5-7-9-15)23-21(27)16-12-18(32-4)19(33-11-10-31-3)13-17(16)26(29)30/h5-9,12-13H,10-11H2,1-4H3,(H,23,27). The third-order valence-corrected chi connectivity index (χ3v) is 5.06. The van der Waals surface area contributed by atoms with Crippen LogP contribution in [-0.4, -0.2) is 47.6 Å². The first kappa shape index (κ1) is 23.5. The van der Waals surface area contributed by atoms with E-state index in [2.05, 4.69) is 5.32 Å². The molecule has 2 aromatic carbocycles. The molecule has 11 heteroatoms. The molecule has 1 aromatic heterocycles. The van der Waals surface area contributed by atoms with E-state index >= 15 is 0 Å². The summed E-state index contributed by atoms with van der Waals surface area (Å²) in [5, 5.41) is 14.2. The number of amides is 1. The number of methoxy groups -OCH3 is 2. The third kappa shape index (κ3) is 4.72. The largest absolute Gasteiger partial charge is 0.493 e. The van der Waals surface area contributed by atoms with E-state index in [0.717, 1.165) is 6.07 Å². The highest BCUT2D eigenvalue weighted by Gasteiger charge is 2.27. The summed E-state index contributed by atoms with van der Waals surface area (Å²) in [4.78, 5) is 37.1. The Hall–Kier alpha value is -4.12. The van der Waals surface area contributed by atoms with Gasteiger partial charge in [-0.05, 0) is 19.1 Å². The van der Waals surface area contributed by atoms with Crippen molar-refractivity contribution in [2.45, 2.75) is 6.92 Å². The minimum absolute atomic E-state index is 0.0139. The zero-order valence-electron chi connectivity index (χ0n) is 18.7. The number of nitrogens with zero attached hydrogens (tertiary/aromatic N) is 3. The summed E-state index contributed by atoms with van der Waals surface area (Å²) >= 11 is 0. The fraction of sp³-hybridized carbons (Fsp3) is 0.273. The zero-order chi connectivity index (χ0) is 24.1. The van der Waals surface area contributed by atoms with E-state index in [4.69, 9.17) is 14.2 Å². The van der Waals surface area contributed by atoms with E-state index in [1.165, 1.54) is 25.0 Å². The number of hydrogen-bond acceptors (Lipinski definition) is 7. The fourth-order valence-electron chi connectivity index (χ4n) is 3.28. The number of nitro benzene ring substituents is 1. The normalized spacial score (nSPS) is 10.7. The average molecular weight is 456 g/mol. The molecule has 0 unspecified atom stereocenters. The Balaban J connectivity index is 2.01. The summed E-state index contributed by atoms with van der Waals surface area (Å²) in [6.45, 7) is 2.07. The molecule has 0 atom stereocenters. The molecule has 0 radical (unpaired) electrons. The minimum Gasteiger partial charge on any atom is -0.493 e. The number of carbonyl (C=O) groups excluding carboxylic acids is 1. The van der Waals surface area contributed by atoms with Gasteiger partial charge in [0.1, 0.15) is 17.9 Å². The molecule has 174 valence electrons. The average Bonchev–Trinajstić information content (AvgIpc) is 3.02. The second-order valence-electron chi connectivity index (χ2n) is 7.01. The first-order valence-electron chi connectivity index (χ1n) is 9.93. The summed E-state index contributed by atoms with van der Waals surface area (Å²) in [7, 11) is 4.52. The van der Waals surface area contributed by atoms with Crippen molar-refractivity contribution >= 4 is 17.3 Å². The van der Waals surface area contributed by atoms with Crippen molar-refractivity contribution in [2.24, 2.45) is 7.05 Å². The molecule has 11 nitrogen and oxygen atoms in total. The Morgan fingerprint density at radius 1 is 1.12 bits per heavy atom. The predicted octanol–water partition coefficient (Wildman–Crippen LogP) is 2.68. The number of para-hydroxylation sites is 1. The summed E-state index contributed by atoms with van der Waals surface area (Å²) in [6.07, 6.45) is 0. The molecule has 0 aliphatic carbocycles. The lowest BCUT2D eigenvalue weighted by molar-refractivity contribution is -0.385. The lowest BCUT2D eigenvalue weighted by atomic mass is 10.1. The summed E-state index contributed by atoms with van der Waals surface area (Å²) in [6, 6.07) is 11.2. The van der Waals surface area contributed by atoms with Crippen LogP contribution < -0.4 is 20.3 Å². The van der Waals surface area contributed by atoms with Gasteiger partial charge in [0.25, 0.3) is 17.2 Å². The minimum atomic E-state index is -0.825. The van der Waals surface area contributed by atoms with Crippen LogP contribution in [0, 0.1) is 17.0 Å².